The number of fused-ring (bicyclic) bond motifs is 1. The van der Waals surface area contributed by atoms with Gasteiger partial charge in [0.05, 0.1) is 13.2 Å². The first-order chi connectivity index (χ1) is 10.2. The Hall–Kier alpha value is -1.22. The number of rotatable bonds is 1. The first kappa shape index (κ1) is 11.4. The van der Waals surface area contributed by atoms with Crippen LogP contribution in [0.25, 0.3) is 0 Å². The lowest BCUT2D eigenvalue weighted by Crippen LogP contribution is -2.54. The Morgan fingerprint density at radius 1 is 1.29 bits per heavy atom. The summed E-state index contributed by atoms with van der Waals surface area (Å²) >= 11 is 0. The first-order valence-corrected chi connectivity index (χ1v) is 8.25. The highest BCUT2D eigenvalue weighted by molar-refractivity contribution is 5.63. The number of aliphatic hydroxyl groups excluding tert-OH is 1. The Morgan fingerprint density at radius 3 is 3.05 bits per heavy atom. The van der Waals surface area contributed by atoms with Crippen LogP contribution in [0.5, 0.6) is 11.5 Å². The van der Waals surface area contributed by atoms with Crippen LogP contribution >= 0.6 is 0 Å². The van der Waals surface area contributed by atoms with Crippen molar-refractivity contribution in [1.82, 2.24) is 0 Å². The van der Waals surface area contributed by atoms with E-state index in [-0.39, 0.29) is 17.6 Å². The molecule has 2 bridgehead atoms. The standard InChI is InChI=1S/C18H20O3/c1-20-13-5-2-9-6-17-7-11(17)10-3-4-12(19)16-18(10,8-17)14(9)15(13)21-16/h2,5,10-12,16,19H,3-4,6-8H2,1H3. The predicted molar refractivity (Wildman–Crippen MR) is 76.7 cm³/mol. The third kappa shape index (κ3) is 0.998. The molecule has 3 heteroatoms. The molecule has 0 radical (unpaired) electrons. The van der Waals surface area contributed by atoms with Crippen LogP contribution in [0.1, 0.15) is 36.8 Å². The summed E-state index contributed by atoms with van der Waals surface area (Å²) in [6.07, 6.45) is 5.57. The Labute approximate surface area is 124 Å². The average Bonchev–Trinajstić information content (AvgIpc) is 2.93. The van der Waals surface area contributed by atoms with Gasteiger partial charge >= 0.3 is 0 Å². The van der Waals surface area contributed by atoms with Crippen LogP contribution in [-0.2, 0) is 11.8 Å². The van der Waals surface area contributed by atoms with Gasteiger partial charge in [0, 0.05) is 11.0 Å². The second kappa shape index (κ2) is 3.10. The molecule has 3 nitrogen and oxygen atoms in total. The van der Waals surface area contributed by atoms with E-state index in [0.29, 0.717) is 5.41 Å². The summed E-state index contributed by atoms with van der Waals surface area (Å²) in [5.41, 5.74) is 3.52. The zero-order valence-electron chi connectivity index (χ0n) is 12.3. The van der Waals surface area contributed by atoms with Gasteiger partial charge in [-0.1, -0.05) is 6.07 Å². The molecule has 21 heavy (non-hydrogen) atoms. The molecule has 6 atom stereocenters. The summed E-state index contributed by atoms with van der Waals surface area (Å²) in [5.74, 6) is 3.39. The highest BCUT2D eigenvalue weighted by Crippen LogP contribution is 2.81. The van der Waals surface area contributed by atoms with Gasteiger partial charge in [-0.25, -0.2) is 0 Å². The Bertz CT molecular complexity index is 683. The van der Waals surface area contributed by atoms with E-state index in [9.17, 15) is 5.11 Å². The number of benzene rings is 1. The van der Waals surface area contributed by atoms with E-state index >= 15 is 0 Å². The van der Waals surface area contributed by atoms with Gasteiger partial charge in [-0.3, -0.25) is 0 Å². The summed E-state index contributed by atoms with van der Waals surface area (Å²) in [5, 5.41) is 10.6. The van der Waals surface area contributed by atoms with Gasteiger partial charge < -0.3 is 14.6 Å². The molecule has 1 heterocycles. The van der Waals surface area contributed by atoms with Crippen LogP contribution < -0.4 is 9.47 Å². The molecular formula is C18H20O3. The van der Waals surface area contributed by atoms with E-state index in [1.165, 1.54) is 36.8 Å². The minimum absolute atomic E-state index is 0.0359. The highest BCUT2D eigenvalue weighted by atomic mass is 16.5. The summed E-state index contributed by atoms with van der Waals surface area (Å²) in [6.45, 7) is 0. The molecule has 3 fully saturated rings. The first-order valence-electron chi connectivity index (χ1n) is 8.25. The zero-order valence-corrected chi connectivity index (χ0v) is 12.3. The van der Waals surface area contributed by atoms with Crippen LogP contribution in [0.3, 0.4) is 0 Å². The van der Waals surface area contributed by atoms with E-state index in [2.05, 4.69) is 12.1 Å². The van der Waals surface area contributed by atoms with Crippen molar-refractivity contribution in [2.45, 2.75) is 49.7 Å². The predicted octanol–water partition coefficient (Wildman–Crippen LogP) is 2.43. The molecule has 6 unspecified atom stereocenters. The third-order valence-corrected chi connectivity index (χ3v) is 7.36. The van der Waals surface area contributed by atoms with Crippen molar-refractivity contribution in [3.05, 3.63) is 23.3 Å². The average molecular weight is 284 g/mol. The minimum atomic E-state index is -0.321. The Morgan fingerprint density at radius 2 is 2.19 bits per heavy atom. The Balaban J connectivity index is 1.68. The van der Waals surface area contributed by atoms with Gasteiger partial charge in [0.2, 0.25) is 0 Å². The van der Waals surface area contributed by atoms with Gasteiger partial charge in [0.1, 0.15) is 6.10 Å². The molecule has 1 aromatic rings. The lowest BCUT2D eigenvalue weighted by Gasteiger charge is -2.46. The van der Waals surface area contributed by atoms with Gasteiger partial charge in [-0.15, -0.1) is 0 Å². The molecule has 0 saturated heterocycles. The molecule has 110 valence electrons. The second-order valence-electron chi connectivity index (χ2n) is 7.99. The van der Waals surface area contributed by atoms with Crippen molar-refractivity contribution in [3.8, 4) is 11.5 Å². The van der Waals surface area contributed by atoms with Crippen molar-refractivity contribution in [2.24, 2.45) is 17.3 Å². The summed E-state index contributed by atoms with van der Waals surface area (Å²) < 4.78 is 11.9. The quantitative estimate of drug-likeness (QED) is 0.861. The summed E-state index contributed by atoms with van der Waals surface area (Å²) in [7, 11) is 1.71. The van der Waals surface area contributed by atoms with E-state index in [4.69, 9.17) is 9.47 Å². The molecule has 6 rings (SSSR count). The molecule has 5 aliphatic rings. The van der Waals surface area contributed by atoms with Crippen LogP contribution in [0.2, 0.25) is 0 Å². The number of aliphatic hydroxyl groups is 1. The third-order valence-electron chi connectivity index (χ3n) is 7.36. The molecule has 1 aliphatic heterocycles. The lowest BCUT2D eigenvalue weighted by molar-refractivity contribution is -0.0513. The topological polar surface area (TPSA) is 38.7 Å². The maximum atomic E-state index is 10.6. The van der Waals surface area contributed by atoms with Gasteiger partial charge in [-0.2, -0.15) is 0 Å². The maximum absolute atomic E-state index is 10.6. The van der Waals surface area contributed by atoms with Crippen LogP contribution in [-0.4, -0.2) is 24.4 Å². The molecule has 3 saturated carbocycles. The fourth-order valence-corrected chi connectivity index (χ4v) is 6.75. The number of hydrogen-bond acceptors (Lipinski definition) is 3. The molecule has 0 amide bonds. The largest absolute Gasteiger partial charge is 0.493 e. The Kier molecular flexibility index (Phi) is 1.68. The van der Waals surface area contributed by atoms with Crippen molar-refractivity contribution in [3.63, 3.8) is 0 Å². The van der Waals surface area contributed by atoms with E-state index in [1.54, 1.807) is 7.11 Å². The number of ether oxygens (including phenoxy) is 2. The van der Waals surface area contributed by atoms with E-state index < -0.39 is 0 Å². The number of methoxy groups -OCH3 is 1. The highest BCUT2D eigenvalue weighted by Gasteiger charge is 2.78. The van der Waals surface area contributed by atoms with Crippen molar-refractivity contribution >= 4 is 0 Å². The maximum Gasteiger partial charge on any atom is 0.165 e. The van der Waals surface area contributed by atoms with Gasteiger partial charge in [0.25, 0.3) is 0 Å². The summed E-state index contributed by atoms with van der Waals surface area (Å²) in [6, 6.07) is 4.31. The molecule has 2 spiro atoms. The molecule has 1 aromatic carbocycles. The normalized spacial score (nSPS) is 50.2. The fraction of sp³-hybridized carbons (Fsp3) is 0.667. The van der Waals surface area contributed by atoms with Gasteiger partial charge in [0.15, 0.2) is 11.5 Å². The van der Waals surface area contributed by atoms with Crippen LogP contribution in [0.4, 0.5) is 0 Å². The molecule has 0 aromatic heterocycles. The molecular weight excluding hydrogens is 264 g/mol. The second-order valence-corrected chi connectivity index (χ2v) is 7.99. The summed E-state index contributed by atoms with van der Waals surface area (Å²) in [4.78, 5) is 0. The molecule has 4 aliphatic carbocycles. The molecule has 1 N–H and O–H groups in total. The lowest BCUT2D eigenvalue weighted by atomic mass is 9.57. The van der Waals surface area contributed by atoms with E-state index in [1.807, 2.05) is 0 Å². The van der Waals surface area contributed by atoms with Crippen LogP contribution in [0, 0.1) is 17.3 Å². The fourth-order valence-electron chi connectivity index (χ4n) is 6.75. The van der Waals surface area contributed by atoms with E-state index in [0.717, 1.165) is 29.8 Å². The van der Waals surface area contributed by atoms with Crippen LogP contribution in [0.15, 0.2) is 12.1 Å². The van der Waals surface area contributed by atoms with Crippen molar-refractivity contribution < 1.29 is 14.6 Å². The van der Waals surface area contributed by atoms with Crippen molar-refractivity contribution in [1.29, 1.82) is 0 Å². The SMILES string of the molecule is COc1ccc2c3c1OC1C(O)CCC4C5CC5(C2)CC341. The number of hydrogen-bond donors (Lipinski definition) is 1. The smallest absolute Gasteiger partial charge is 0.165 e. The van der Waals surface area contributed by atoms with Crippen molar-refractivity contribution in [2.75, 3.05) is 7.11 Å². The zero-order chi connectivity index (χ0) is 14.0. The minimum Gasteiger partial charge on any atom is -0.493 e. The monoisotopic (exact) mass is 284 g/mol. The van der Waals surface area contributed by atoms with Gasteiger partial charge in [-0.05, 0) is 61.0 Å².